The molecule has 0 radical (unpaired) electrons. The summed E-state index contributed by atoms with van der Waals surface area (Å²) in [6, 6.07) is 4.84. The van der Waals surface area contributed by atoms with Gasteiger partial charge in [-0.05, 0) is 19.1 Å². The minimum Gasteiger partial charge on any atom is -0.460 e. The number of benzene rings is 1. The van der Waals surface area contributed by atoms with Gasteiger partial charge in [0.25, 0.3) is 0 Å². The molecule has 0 aliphatic heterocycles. The highest BCUT2D eigenvalue weighted by Gasteiger charge is 2.30. The Morgan fingerprint density at radius 1 is 1.27 bits per heavy atom. The zero-order valence-electron chi connectivity index (χ0n) is 12.0. The first-order valence-electron chi connectivity index (χ1n) is 6.60. The van der Waals surface area contributed by atoms with Crippen molar-refractivity contribution in [2.24, 2.45) is 0 Å². The molecule has 0 aliphatic carbocycles. The highest BCUT2D eigenvalue weighted by atomic mass is 32.1. The zero-order chi connectivity index (χ0) is 16.3. The van der Waals surface area contributed by atoms with Crippen molar-refractivity contribution in [3.05, 3.63) is 40.4 Å². The average Bonchev–Trinajstić information content (AvgIpc) is 2.85. The van der Waals surface area contributed by atoms with Gasteiger partial charge in [0.05, 0.1) is 16.1 Å². The molecule has 0 saturated carbocycles. The van der Waals surface area contributed by atoms with Crippen molar-refractivity contribution in [3.63, 3.8) is 0 Å². The number of hydrogen-bond acceptors (Lipinski definition) is 4. The molecule has 1 aromatic carbocycles. The van der Waals surface area contributed by atoms with E-state index in [4.69, 9.17) is 4.74 Å². The van der Waals surface area contributed by atoms with Crippen molar-refractivity contribution < 1.29 is 22.7 Å². The van der Waals surface area contributed by atoms with Crippen molar-refractivity contribution in [2.45, 2.75) is 33.1 Å². The maximum Gasteiger partial charge on any atom is 0.416 e. The van der Waals surface area contributed by atoms with Crippen LogP contribution in [0.5, 0.6) is 0 Å². The number of halogens is 3. The number of alkyl halides is 3. The van der Waals surface area contributed by atoms with E-state index in [2.05, 4.69) is 4.98 Å². The Labute approximate surface area is 129 Å². The van der Waals surface area contributed by atoms with Crippen LogP contribution in [0, 0.1) is 6.92 Å². The topological polar surface area (TPSA) is 39.2 Å². The molecular formula is C15H14F3NO2S. The maximum absolute atomic E-state index is 12.5. The van der Waals surface area contributed by atoms with E-state index in [0.29, 0.717) is 22.7 Å². The molecule has 0 unspecified atom stereocenters. The smallest absolute Gasteiger partial charge is 0.416 e. The number of ether oxygens (including phenoxy) is 1. The van der Waals surface area contributed by atoms with Gasteiger partial charge in [-0.15, -0.1) is 11.3 Å². The summed E-state index contributed by atoms with van der Waals surface area (Å²) in [6.45, 7) is 3.62. The number of nitrogens with zero attached hydrogens (tertiary/aromatic N) is 1. The molecule has 0 saturated heterocycles. The lowest BCUT2D eigenvalue weighted by molar-refractivity contribution is -0.144. The summed E-state index contributed by atoms with van der Waals surface area (Å²) < 4.78 is 42.7. The lowest BCUT2D eigenvalue weighted by atomic mass is 10.1. The predicted molar refractivity (Wildman–Crippen MR) is 77.4 cm³/mol. The summed E-state index contributed by atoms with van der Waals surface area (Å²) in [5.41, 5.74) is 0.625. The van der Waals surface area contributed by atoms with Crippen LogP contribution in [0.1, 0.15) is 29.5 Å². The highest BCUT2D eigenvalue weighted by molar-refractivity contribution is 7.15. The minimum atomic E-state index is -4.35. The van der Waals surface area contributed by atoms with Crippen molar-refractivity contribution in [1.29, 1.82) is 0 Å². The van der Waals surface area contributed by atoms with E-state index in [1.54, 1.807) is 13.8 Å². The number of esters is 1. The number of carbonyl (C=O) groups excluding carboxylic acids is 1. The zero-order valence-corrected chi connectivity index (χ0v) is 12.8. The van der Waals surface area contributed by atoms with Crippen LogP contribution < -0.4 is 0 Å². The predicted octanol–water partition coefficient (Wildman–Crippen LogP) is 4.59. The highest BCUT2D eigenvalue weighted by Crippen LogP contribution is 2.33. The monoisotopic (exact) mass is 329 g/mol. The fraction of sp³-hybridized carbons (Fsp3) is 0.333. The third kappa shape index (κ3) is 3.85. The molecule has 1 heterocycles. The Balaban J connectivity index is 2.18. The molecule has 7 heteroatoms. The van der Waals surface area contributed by atoms with Crippen molar-refractivity contribution in [1.82, 2.24) is 4.98 Å². The first kappa shape index (κ1) is 16.5. The lowest BCUT2D eigenvalue weighted by Crippen LogP contribution is -2.03. The second kappa shape index (κ2) is 6.48. The normalized spacial score (nSPS) is 11.5. The van der Waals surface area contributed by atoms with Crippen LogP contribution >= 0.6 is 11.3 Å². The summed E-state index contributed by atoms with van der Waals surface area (Å²) in [5, 5.41) is 0.605. The van der Waals surface area contributed by atoms with Crippen LogP contribution in [-0.4, -0.2) is 11.0 Å². The molecule has 22 heavy (non-hydrogen) atoms. The second-order valence-electron chi connectivity index (χ2n) is 4.62. The van der Waals surface area contributed by atoms with Gasteiger partial charge in [-0.1, -0.05) is 19.1 Å². The Morgan fingerprint density at radius 3 is 2.45 bits per heavy atom. The van der Waals surface area contributed by atoms with E-state index in [1.807, 2.05) is 0 Å². The van der Waals surface area contributed by atoms with Gasteiger partial charge in [-0.3, -0.25) is 4.79 Å². The third-order valence-electron chi connectivity index (χ3n) is 3.00. The van der Waals surface area contributed by atoms with Crippen LogP contribution in [0.15, 0.2) is 24.3 Å². The molecule has 0 N–H and O–H groups in total. The SMILES string of the molecule is CCC(=O)OCc1sc(-c2ccc(C(F)(F)F)cc2)nc1C. The summed E-state index contributed by atoms with van der Waals surface area (Å²) in [4.78, 5) is 16.3. The number of hydrogen-bond donors (Lipinski definition) is 0. The Kier molecular flexibility index (Phi) is 4.85. The first-order valence-corrected chi connectivity index (χ1v) is 7.42. The lowest BCUT2D eigenvalue weighted by Gasteiger charge is -2.06. The summed E-state index contributed by atoms with van der Waals surface area (Å²) in [5.74, 6) is -0.302. The van der Waals surface area contributed by atoms with Crippen molar-refractivity contribution in [2.75, 3.05) is 0 Å². The molecule has 0 spiro atoms. The average molecular weight is 329 g/mol. The van der Waals surface area contributed by atoms with Crippen LogP contribution in [0.2, 0.25) is 0 Å². The number of thiazole rings is 1. The second-order valence-corrected chi connectivity index (χ2v) is 5.70. The fourth-order valence-corrected chi connectivity index (χ4v) is 2.72. The molecule has 3 nitrogen and oxygen atoms in total. The van der Waals surface area contributed by atoms with E-state index >= 15 is 0 Å². The van der Waals surface area contributed by atoms with Gasteiger partial charge in [0, 0.05) is 12.0 Å². The molecule has 0 bridgehead atoms. The summed E-state index contributed by atoms with van der Waals surface area (Å²) in [6.07, 6.45) is -4.06. The van der Waals surface area contributed by atoms with E-state index in [0.717, 1.165) is 17.0 Å². The molecule has 0 atom stereocenters. The van der Waals surface area contributed by atoms with Crippen LogP contribution in [0.4, 0.5) is 13.2 Å². The largest absolute Gasteiger partial charge is 0.460 e. The van der Waals surface area contributed by atoms with Gasteiger partial charge in [0.1, 0.15) is 11.6 Å². The molecule has 2 aromatic rings. The molecule has 0 amide bonds. The van der Waals surface area contributed by atoms with E-state index in [9.17, 15) is 18.0 Å². The first-order chi connectivity index (χ1) is 10.3. The van der Waals surface area contributed by atoms with Gasteiger partial charge < -0.3 is 4.74 Å². The van der Waals surface area contributed by atoms with Gasteiger partial charge >= 0.3 is 12.1 Å². The van der Waals surface area contributed by atoms with E-state index < -0.39 is 11.7 Å². The van der Waals surface area contributed by atoms with Crippen LogP contribution in [0.3, 0.4) is 0 Å². The molecule has 1 aromatic heterocycles. The number of aromatic nitrogens is 1. The van der Waals surface area contributed by atoms with Gasteiger partial charge in [0.15, 0.2) is 0 Å². The van der Waals surface area contributed by atoms with E-state index in [1.165, 1.54) is 23.5 Å². The number of carbonyl (C=O) groups is 1. The van der Waals surface area contributed by atoms with Crippen molar-refractivity contribution in [3.8, 4) is 10.6 Å². The van der Waals surface area contributed by atoms with Crippen LogP contribution in [0.25, 0.3) is 10.6 Å². The molecular weight excluding hydrogens is 315 g/mol. The minimum absolute atomic E-state index is 0.136. The van der Waals surface area contributed by atoms with Gasteiger partial charge in [-0.25, -0.2) is 4.98 Å². The van der Waals surface area contributed by atoms with Gasteiger partial charge in [-0.2, -0.15) is 13.2 Å². The Bertz CT molecular complexity index is 662. The summed E-state index contributed by atoms with van der Waals surface area (Å²) in [7, 11) is 0. The fourth-order valence-electron chi connectivity index (χ4n) is 1.74. The quantitative estimate of drug-likeness (QED) is 0.770. The third-order valence-corrected chi connectivity index (χ3v) is 4.18. The molecule has 2 rings (SSSR count). The van der Waals surface area contributed by atoms with Crippen molar-refractivity contribution >= 4 is 17.3 Å². The standard InChI is InChI=1S/C15H14F3NO2S/c1-3-13(20)21-8-12-9(2)19-14(22-12)10-4-6-11(7-5-10)15(16,17)18/h4-7H,3,8H2,1-2H3. The number of rotatable bonds is 4. The molecule has 118 valence electrons. The Hall–Kier alpha value is -1.89. The number of aryl methyl sites for hydroxylation is 1. The molecule has 0 fully saturated rings. The summed E-state index contributed by atoms with van der Waals surface area (Å²) >= 11 is 1.31. The Morgan fingerprint density at radius 2 is 1.91 bits per heavy atom. The van der Waals surface area contributed by atoms with Gasteiger partial charge in [0.2, 0.25) is 0 Å². The molecule has 0 aliphatic rings. The van der Waals surface area contributed by atoms with Crippen LogP contribution in [-0.2, 0) is 22.3 Å². The van der Waals surface area contributed by atoms with E-state index in [-0.39, 0.29) is 12.6 Å². The maximum atomic E-state index is 12.5.